The van der Waals surface area contributed by atoms with Crippen molar-refractivity contribution in [1.29, 1.82) is 0 Å². The lowest BCUT2D eigenvalue weighted by atomic mass is 9.69. The maximum Gasteiger partial charge on any atom is 0.324 e. The average molecular weight is 258 g/mol. The van der Waals surface area contributed by atoms with Crippen LogP contribution in [0, 0.1) is 17.3 Å². The highest BCUT2D eigenvalue weighted by atomic mass is 16.5. The van der Waals surface area contributed by atoms with Gasteiger partial charge < -0.3 is 9.84 Å². The minimum absolute atomic E-state index is 0.200. The monoisotopic (exact) mass is 258 g/mol. The summed E-state index contributed by atoms with van der Waals surface area (Å²) in [6.07, 6.45) is 1.20. The Balaban J connectivity index is 5.33. The van der Waals surface area contributed by atoms with Crippen LogP contribution in [0.3, 0.4) is 0 Å². The third-order valence-corrected chi connectivity index (χ3v) is 3.70. The Bertz CT molecular complexity index is 282. The molecule has 0 fully saturated rings. The highest BCUT2D eigenvalue weighted by Crippen LogP contribution is 2.38. The van der Waals surface area contributed by atoms with Crippen LogP contribution < -0.4 is 0 Å². The van der Waals surface area contributed by atoms with Crippen molar-refractivity contribution in [1.82, 2.24) is 0 Å². The number of esters is 1. The quantitative estimate of drug-likeness (QED) is 0.563. The second kappa shape index (κ2) is 6.76. The third-order valence-electron chi connectivity index (χ3n) is 3.70. The lowest BCUT2D eigenvalue weighted by Crippen LogP contribution is -2.50. The zero-order valence-corrected chi connectivity index (χ0v) is 12.3. The highest BCUT2D eigenvalue weighted by molar-refractivity contribution is 5.99. The SMILES string of the molecule is CCC(CC)OC(=O)C(C(=O)O)(C(C)C)C(C)C. The van der Waals surface area contributed by atoms with Crippen LogP contribution in [0.4, 0.5) is 0 Å². The molecule has 106 valence electrons. The van der Waals surface area contributed by atoms with Crippen LogP contribution in [-0.2, 0) is 14.3 Å². The van der Waals surface area contributed by atoms with E-state index in [9.17, 15) is 14.7 Å². The predicted octanol–water partition coefficient (Wildman–Crippen LogP) is 3.10. The van der Waals surface area contributed by atoms with Gasteiger partial charge >= 0.3 is 11.9 Å². The Morgan fingerprint density at radius 2 is 1.44 bits per heavy atom. The summed E-state index contributed by atoms with van der Waals surface area (Å²) >= 11 is 0. The van der Waals surface area contributed by atoms with Gasteiger partial charge in [0.25, 0.3) is 0 Å². The van der Waals surface area contributed by atoms with E-state index < -0.39 is 17.4 Å². The third kappa shape index (κ3) is 3.03. The summed E-state index contributed by atoms with van der Waals surface area (Å²) in [5.41, 5.74) is -1.46. The van der Waals surface area contributed by atoms with E-state index in [-0.39, 0.29) is 17.9 Å². The van der Waals surface area contributed by atoms with Crippen LogP contribution in [0.2, 0.25) is 0 Å². The van der Waals surface area contributed by atoms with E-state index in [1.807, 2.05) is 13.8 Å². The van der Waals surface area contributed by atoms with Crippen LogP contribution in [0.1, 0.15) is 54.4 Å². The fraction of sp³-hybridized carbons (Fsp3) is 0.857. The van der Waals surface area contributed by atoms with E-state index in [4.69, 9.17) is 4.74 Å². The van der Waals surface area contributed by atoms with Crippen molar-refractivity contribution in [3.63, 3.8) is 0 Å². The van der Waals surface area contributed by atoms with E-state index in [0.29, 0.717) is 12.8 Å². The molecule has 0 rings (SSSR count). The lowest BCUT2D eigenvalue weighted by molar-refractivity contribution is -0.181. The molecule has 0 unspecified atom stereocenters. The van der Waals surface area contributed by atoms with E-state index in [1.54, 1.807) is 27.7 Å². The second-order valence-corrected chi connectivity index (χ2v) is 5.33. The fourth-order valence-corrected chi connectivity index (χ4v) is 2.42. The van der Waals surface area contributed by atoms with Crippen molar-refractivity contribution in [3.8, 4) is 0 Å². The van der Waals surface area contributed by atoms with Crippen LogP contribution in [-0.4, -0.2) is 23.1 Å². The molecule has 1 N–H and O–H groups in total. The molecule has 4 nitrogen and oxygen atoms in total. The summed E-state index contributed by atoms with van der Waals surface area (Å²) in [7, 11) is 0. The maximum absolute atomic E-state index is 12.3. The molecule has 0 aromatic rings. The number of ether oxygens (including phenoxy) is 1. The summed E-state index contributed by atoms with van der Waals surface area (Å²) in [5, 5.41) is 9.49. The van der Waals surface area contributed by atoms with Crippen LogP contribution in [0.25, 0.3) is 0 Å². The first-order chi connectivity index (χ1) is 8.24. The van der Waals surface area contributed by atoms with E-state index in [0.717, 1.165) is 0 Å². The van der Waals surface area contributed by atoms with Crippen LogP contribution in [0.5, 0.6) is 0 Å². The molecule has 0 spiro atoms. The van der Waals surface area contributed by atoms with Crippen molar-refractivity contribution in [2.75, 3.05) is 0 Å². The minimum Gasteiger partial charge on any atom is -0.480 e. The minimum atomic E-state index is -1.46. The maximum atomic E-state index is 12.3. The van der Waals surface area contributed by atoms with Gasteiger partial charge in [-0.1, -0.05) is 41.5 Å². The standard InChI is InChI=1S/C14H26O4/c1-7-11(8-2)18-13(17)14(9(3)4,10(5)6)12(15)16/h9-11H,7-8H2,1-6H3,(H,15,16). The smallest absolute Gasteiger partial charge is 0.324 e. The largest absolute Gasteiger partial charge is 0.480 e. The fourth-order valence-electron chi connectivity index (χ4n) is 2.42. The summed E-state index contributed by atoms with van der Waals surface area (Å²) in [4.78, 5) is 23.9. The molecule has 0 saturated heterocycles. The number of hydrogen-bond acceptors (Lipinski definition) is 3. The first-order valence-electron chi connectivity index (χ1n) is 6.69. The molecule has 0 atom stereocenters. The molecule has 0 aromatic carbocycles. The van der Waals surface area contributed by atoms with E-state index in [2.05, 4.69) is 0 Å². The van der Waals surface area contributed by atoms with E-state index in [1.165, 1.54) is 0 Å². The Labute approximate surface area is 110 Å². The van der Waals surface area contributed by atoms with Gasteiger partial charge in [0, 0.05) is 0 Å². The van der Waals surface area contributed by atoms with Gasteiger partial charge in [-0.3, -0.25) is 9.59 Å². The van der Waals surface area contributed by atoms with E-state index >= 15 is 0 Å². The predicted molar refractivity (Wildman–Crippen MR) is 70.2 cm³/mol. The molecule has 0 heterocycles. The Kier molecular flexibility index (Phi) is 6.36. The van der Waals surface area contributed by atoms with Gasteiger partial charge in [0.1, 0.15) is 6.10 Å². The van der Waals surface area contributed by atoms with Crippen molar-refractivity contribution >= 4 is 11.9 Å². The van der Waals surface area contributed by atoms with Crippen LogP contribution in [0.15, 0.2) is 0 Å². The van der Waals surface area contributed by atoms with Crippen molar-refractivity contribution in [3.05, 3.63) is 0 Å². The molecule has 0 aliphatic carbocycles. The lowest BCUT2D eigenvalue weighted by Gasteiger charge is -2.35. The van der Waals surface area contributed by atoms with Crippen LogP contribution >= 0.6 is 0 Å². The van der Waals surface area contributed by atoms with Gasteiger partial charge in [-0.05, 0) is 24.7 Å². The molecule has 0 amide bonds. The molecular formula is C14H26O4. The summed E-state index contributed by atoms with van der Waals surface area (Å²) < 4.78 is 5.38. The number of carbonyl (C=O) groups excluding carboxylic acids is 1. The molecule has 0 radical (unpaired) electrons. The van der Waals surface area contributed by atoms with Gasteiger partial charge in [0.2, 0.25) is 0 Å². The van der Waals surface area contributed by atoms with Gasteiger partial charge in [-0.25, -0.2) is 0 Å². The summed E-state index contributed by atoms with van der Waals surface area (Å²) in [6.45, 7) is 10.9. The van der Waals surface area contributed by atoms with Gasteiger partial charge in [-0.15, -0.1) is 0 Å². The number of carbonyl (C=O) groups is 2. The van der Waals surface area contributed by atoms with Gasteiger partial charge in [0.15, 0.2) is 5.41 Å². The molecule has 0 aliphatic rings. The molecule has 0 aromatic heterocycles. The normalized spacial score (nSPS) is 12.3. The average Bonchev–Trinajstić information content (AvgIpc) is 2.24. The second-order valence-electron chi connectivity index (χ2n) is 5.33. The molecule has 0 saturated carbocycles. The molecule has 4 heteroatoms. The number of rotatable bonds is 7. The number of carboxylic acids is 1. The zero-order chi connectivity index (χ0) is 14.5. The Hall–Kier alpha value is -1.06. The van der Waals surface area contributed by atoms with Crippen molar-refractivity contribution in [2.45, 2.75) is 60.5 Å². The van der Waals surface area contributed by atoms with Gasteiger partial charge in [-0.2, -0.15) is 0 Å². The number of aliphatic carboxylic acids is 1. The zero-order valence-electron chi connectivity index (χ0n) is 12.3. The van der Waals surface area contributed by atoms with Crippen molar-refractivity contribution < 1.29 is 19.4 Å². The Morgan fingerprint density at radius 3 is 1.67 bits per heavy atom. The molecule has 18 heavy (non-hydrogen) atoms. The summed E-state index contributed by atoms with van der Waals surface area (Å²) in [5.74, 6) is -2.31. The number of carboxylic acid groups (broad SMARTS) is 1. The Morgan fingerprint density at radius 1 is 1.06 bits per heavy atom. The number of hydrogen-bond donors (Lipinski definition) is 1. The molecular weight excluding hydrogens is 232 g/mol. The first-order valence-corrected chi connectivity index (χ1v) is 6.69. The summed E-state index contributed by atoms with van der Waals surface area (Å²) in [6, 6.07) is 0. The highest BCUT2D eigenvalue weighted by Gasteiger charge is 2.53. The topological polar surface area (TPSA) is 63.6 Å². The first kappa shape index (κ1) is 16.9. The molecule has 0 bridgehead atoms. The van der Waals surface area contributed by atoms with Gasteiger partial charge in [0.05, 0.1) is 0 Å². The van der Waals surface area contributed by atoms with Crippen molar-refractivity contribution in [2.24, 2.45) is 17.3 Å². The molecule has 0 aliphatic heterocycles.